The molecule has 0 unspecified atom stereocenters. The van der Waals surface area contributed by atoms with E-state index in [1.54, 1.807) is 55.6 Å². The van der Waals surface area contributed by atoms with Crippen LogP contribution in [-0.2, 0) is 9.53 Å². The van der Waals surface area contributed by atoms with Gasteiger partial charge in [-0.15, -0.1) is 0 Å². The lowest BCUT2D eigenvalue weighted by atomic mass is 9.83. The van der Waals surface area contributed by atoms with Crippen LogP contribution in [0.25, 0.3) is 11.0 Å². The molecule has 144 valence electrons. The normalized spacial score (nSPS) is 20.9. The van der Waals surface area contributed by atoms with E-state index in [0.717, 1.165) is 0 Å². The number of rotatable bonds is 3. The van der Waals surface area contributed by atoms with Gasteiger partial charge in [-0.05, 0) is 29.8 Å². The number of fused-ring (bicyclic) bond motifs is 3. The lowest BCUT2D eigenvalue weighted by molar-refractivity contribution is -0.202. The van der Waals surface area contributed by atoms with Gasteiger partial charge in [0, 0.05) is 12.3 Å². The number of aliphatic hydroxyl groups is 1. The van der Waals surface area contributed by atoms with Crippen molar-refractivity contribution in [1.29, 1.82) is 0 Å². The molecule has 4 rings (SSSR count). The Morgan fingerprint density at radius 2 is 1.86 bits per heavy atom. The second kappa shape index (κ2) is 6.69. The second-order valence-electron chi connectivity index (χ2n) is 6.54. The van der Waals surface area contributed by atoms with Crippen molar-refractivity contribution in [2.24, 2.45) is 0 Å². The minimum absolute atomic E-state index is 0.117. The van der Waals surface area contributed by atoms with E-state index in [2.05, 4.69) is 0 Å². The summed E-state index contributed by atoms with van der Waals surface area (Å²) in [7, 11) is 2.72. The summed E-state index contributed by atoms with van der Waals surface area (Å²) in [4.78, 5) is 25.0. The second-order valence-corrected chi connectivity index (χ2v) is 6.54. The number of hydrogen-bond donors (Lipinski definition) is 1. The quantitative estimate of drug-likeness (QED) is 0.549. The third-order valence-electron chi connectivity index (χ3n) is 4.92. The third kappa shape index (κ3) is 2.80. The van der Waals surface area contributed by atoms with Crippen molar-refractivity contribution in [3.8, 4) is 11.5 Å². The third-order valence-corrected chi connectivity index (χ3v) is 4.92. The number of benzene rings is 2. The molecule has 0 spiro atoms. The predicted molar refractivity (Wildman–Crippen MR) is 99.5 cm³/mol. The molecule has 7 heteroatoms. The number of carbonyl (C=O) groups excluding carboxylic acids is 1. The van der Waals surface area contributed by atoms with Gasteiger partial charge in [0.25, 0.3) is 0 Å². The molecule has 1 aliphatic heterocycles. The summed E-state index contributed by atoms with van der Waals surface area (Å²) in [6.45, 7) is 0. The molecule has 0 fully saturated rings. The zero-order valence-electron chi connectivity index (χ0n) is 15.3. The number of ether oxygens (including phenoxy) is 3. The maximum atomic E-state index is 12.8. The molecule has 0 saturated heterocycles. The average Bonchev–Trinajstić information content (AvgIpc) is 2.72. The van der Waals surface area contributed by atoms with Gasteiger partial charge >= 0.3 is 17.4 Å². The fourth-order valence-electron chi connectivity index (χ4n) is 3.54. The lowest BCUT2D eigenvalue weighted by Crippen LogP contribution is -2.50. The van der Waals surface area contributed by atoms with Crippen LogP contribution < -0.4 is 15.1 Å². The first kappa shape index (κ1) is 18.1. The Morgan fingerprint density at radius 1 is 1.14 bits per heavy atom. The van der Waals surface area contributed by atoms with Crippen LogP contribution in [0.3, 0.4) is 0 Å². The van der Waals surface area contributed by atoms with Crippen molar-refractivity contribution in [2.45, 2.75) is 18.1 Å². The van der Waals surface area contributed by atoms with E-state index in [0.29, 0.717) is 22.3 Å². The van der Waals surface area contributed by atoms with Gasteiger partial charge in [0.15, 0.2) is 0 Å². The van der Waals surface area contributed by atoms with Crippen LogP contribution in [0.15, 0.2) is 57.7 Å². The van der Waals surface area contributed by atoms with Crippen LogP contribution in [-0.4, -0.2) is 31.1 Å². The minimum atomic E-state index is -2.23. The molecular formula is C21H18O7. The molecule has 3 aromatic rings. The molecule has 7 nitrogen and oxygen atoms in total. The summed E-state index contributed by atoms with van der Waals surface area (Å²) in [5.41, 5.74) is 0.669. The van der Waals surface area contributed by atoms with Crippen LogP contribution in [0, 0.1) is 0 Å². The van der Waals surface area contributed by atoms with Crippen molar-refractivity contribution in [3.63, 3.8) is 0 Å². The van der Waals surface area contributed by atoms with Crippen LogP contribution in [0.5, 0.6) is 11.5 Å². The van der Waals surface area contributed by atoms with Crippen LogP contribution in [0.1, 0.15) is 23.5 Å². The lowest BCUT2D eigenvalue weighted by Gasteiger charge is -2.36. The fraction of sp³-hybridized carbons (Fsp3) is 0.238. The van der Waals surface area contributed by atoms with E-state index >= 15 is 0 Å². The SMILES string of the molecule is COC(=O)[C@@]1(O)C[C@H](c2ccc(OC)cc2)c2c(c3ccccc3oc2=O)O1. The molecule has 2 aromatic carbocycles. The maximum Gasteiger partial charge on any atom is 0.379 e. The molecule has 0 radical (unpaired) electrons. The number of methoxy groups -OCH3 is 2. The molecule has 0 aliphatic carbocycles. The van der Waals surface area contributed by atoms with E-state index < -0.39 is 23.3 Å². The van der Waals surface area contributed by atoms with Gasteiger partial charge in [0.05, 0.1) is 25.2 Å². The number of para-hydroxylation sites is 1. The summed E-state index contributed by atoms with van der Waals surface area (Å²) in [6.07, 6.45) is -0.192. The summed E-state index contributed by atoms with van der Waals surface area (Å²) < 4.78 is 21.0. The van der Waals surface area contributed by atoms with Gasteiger partial charge in [-0.2, -0.15) is 0 Å². The number of carbonyl (C=O) groups is 1. The van der Waals surface area contributed by atoms with E-state index in [4.69, 9.17) is 18.6 Å². The van der Waals surface area contributed by atoms with Crippen LogP contribution in [0.4, 0.5) is 0 Å². The highest BCUT2D eigenvalue weighted by Gasteiger charge is 2.49. The van der Waals surface area contributed by atoms with E-state index in [9.17, 15) is 14.7 Å². The molecule has 1 aliphatic rings. The molecule has 0 bridgehead atoms. The molecule has 2 heterocycles. The molecule has 0 amide bonds. The van der Waals surface area contributed by atoms with Gasteiger partial charge in [0.1, 0.15) is 17.1 Å². The zero-order valence-corrected chi connectivity index (χ0v) is 15.3. The van der Waals surface area contributed by atoms with E-state index in [-0.39, 0.29) is 17.7 Å². The first-order chi connectivity index (χ1) is 13.5. The van der Waals surface area contributed by atoms with Crippen molar-refractivity contribution in [1.82, 2.24) is 0 Å². The molecule has 1 N–H and O–H groups in total. The first-order valence-electron chi connectivity index (χ1n) is 8.66. The van der Waals surface area contributed by atoms with Gasteiger partial charge < -0.3 is 23.7 Å². The largest absolute Gasteiger partial charge is 0.497 e. The van der Waals surface area contributed by atoms with Crippen LogP contribution >= 0.6 is 0 Å². The Hall–Kier alpha value is -3.32. The smallest absolute Gasteiger partial charge is 0.379 e. The van der Waals surface area contributed by atoms with Crippen LogP contribution in [0.2, 0.25) is 0 Å². The summed E-state index contributed by atoms with van der Waals surface area (Å²) >= 11 is 0. The maximum absolute atomic E-state index is 12.8. The fourth-order valence-corrected chi connectivity index (χ4v) is 3.54. The Labute approximate surface area is 160 Å². The highest BCUT2D eigenvalue weighted by molar-refractivity contribution is 5.87. The topological polar surface area (TPSA) is 95.2 Å². The summed E-state index contributed by atoms with van der Waals surface area (Å²) in [6, 6.07) is 13.8. The summed E-state index contributed by atoms with van der Waals surface area (Å²) in [5.74, 6) is -3.05. The molecule has 1 aromatic heterocycles. The molecule has 28 heavy (non-hydrogen) atoms. The Kier molecular flexibility index (Phi) is 4.31. The van der Waals surface area contributed by atoms with Gasteiger partial charge in [-0.3, -0.25) is 0 Å². The Morgan fingerprint density at radius 3 is 2.54 bits per heavy atom. The summed E-state index contributed by atoms with van der Waals surface area (Å²) in [5, 5.41) is 11.4. The van der Waals surface area contributed by atoms with Crippen molar-refractivity contribution in [3.05, 3.63) is 70.1 Å². The Bertz CT molecular complexity index is 1100. The van der Waals surface area contributed by atoms with Crippen molar-refractivity contribution in [2.75, 3.05) is 14.2 Å². The van der Waals surface area contributed by atoms with Gasteiger partial charge in [-0.1, -0.05) is 24.3 Å². The van der Waals surface area contributed by atoms with E-state index in [1.807, 2.05) is 0 Å². The number of hydrogen-bond acceptors (Lipinski definition) is 7. The predicted octanol–water partition coefficient (Wildman–Crippen LogP) is 2.58. The van der Waals surface area contributed by atoms with Crippen molar-refractivity contribution >= 4 is 16.9 Å². The van der Waals surface area contributed by atoms with Gasteiger partial charge in [0.2, 0.25) is 0 Å². The monoisotopic (exact) mass is 382 g/mol. The standard InChI is InChI=1S/C21H18O7/c1-25-13-9-7-12(8-10-13)15-11-21(24,20(23)26-2)28-18-14-5-3-4-6-16(14)27-19(22)17(15)18/h3-10,15,24H,11H2,1-2H3/t15-,21-/m1/s1. The van der Waals surface area contributed by atoms with E-state index in [1.165, 1.54) is 7.11 Å². The number of esters is 1. The highest BCUT2D eigenvalue weighted by atomic mass is 16.7. The van der Waals surface area contributed by atoms with Crippen molar-refractivity contribution < 1.29 is 28.5 Å². The average molecular weight is 382 g/mol. The molecular weight excluding hydrogens is 364 g/mol. The highest BCUT2D eigenvalue weighted by Crippen LogP contribution is 2.45. The van der Waals surface area contributed by atoms with Gasteiger partial charge in [-0.25, -0.2) is 9.59 Å². The first-order valence-corrected chi connectivity index (χ1v) is 8.66. The zero-order chi connectivity index (χ0) is 19.9. The molecule has 0 saturated carbocycles. The molecule has 2 atom stereocenters. The Balaban J connectivity index is 1.97. The minimum Gasteiger partial charge on any atom is -0.497 e.